The van der Waals surface area contributed by atoms with Crippen LogP contribution in [0.1, 0.15) is 12.5 Å². The zero-order valence-electron chi connectivity index (χ0n) is 11.6. The van der Waals surface area contributed by atoms with Gasteiger partial charge in [-0.1, -0.05) is 18.2 Å². The molecule has 0 radical (unpaired) electrons. The number of nitrogens with zero attached hydrogens (tertiary/aromatic N) is 1. The van der Waals surface area contributed by atoms with Crippen molar-refractivity contribution in [2.75, 3.05) is 32.2 Å². The first-order chi connectivity index (χ1) is 8.69. The van der Waals surface area contributed by atoms with Gasteiger partial charge < -0.3 is 10.5 Å². The van der Waals surface area contributed by atoms with Gasteiger partial charge in [-0.25, -0.2) is 0 Å². The Morgan fingerprint density at radius 1 is 1.39 bits per heavy atom. The van der Waals surface area contributed by atoms with Crippen molar-refractivity contribution >= 4 is 11.8 Å². The second kappa shape index (κ2) is 8.40. The van der Waals surface area contributed by atoms with Crippen LogP contribution in [0.2, 0.25) is 0 Å². The maximum Gasteiger partial charge on any atom is 0.123 e. The average Bonchev–Trinajstić information content (AvgIpc) is 2.39. The van der Waals surface area contributed by atoms with E-state index in [-0.39, 0.29) is 0 Å². The molecule has 0 amide bonds. The highest BCUT2D eigenvalue weighted by molar-refractivity contribution is 7.98. The van der Waals surface area contributed by atoms with E-state index in [1.54, 1.807) is 0 Å². The third-order valence-corrected chi connectivity index (χ3v) is 3.87. The Kier molecular flexibility index (Phi) is 7.16. The Labute approximate surface area is 115 Å². The van der Waals surface area contributed by atoms with E-state index in [9.17, 15) is 0 Å². The minimum atomic E-state index is 0.523. The summed E-state index contributed by atoms with van der Waals surface area (Å²) in [6.07, 6.45) is 2.14. The minimum absolute atomic E-state index is 0.523. The van der Waals surface area contributed by atoms with E-state index in [0.29, 0.717) is 19.2 Å². The lowest BCUT2D eigenvalue weighted by molar-refractivity contribution is 0.209. The molecular weight excluding hydrogens is 244 g/mol. The molecule has 0 saturated heterocycles. The molecule has 1 aromatic carbocycles. The first kappa shape index (κ1) is 15.3. The molecule has 1 unspecified atom stereocenters. The predicted molar refractivity (Wildman–Crippen MR) is 80.3 cm³/mol. The van der Waals surface area contributed by atoms with Gasteiger partial charge in [0.25, 0.3) is 0 Å². The molecular formula is C14H24N2OS. The van der Waals surface area contributed by atoms with Crippen LogP contribution in [0.25, 0.3) is 0 Å². The molecule has 3 nitrogen and oxygen atoms in total. The lowest BCUT2D eigenvalue weighted by atomic mass is 10.2. The molecule has 1 rings (SSSR count). The molecule has 0 heterocycles. The standard InChI is InChI=1S/C14H24N2OS/c1-12(11-18-3)16(2)8-9-17-14-7-5-4-6-13(14)10-15/h4-7,12H,8-11,15H2,1-3H3. The van der Waals surface area contributed by atoms with E-state index in [1.807, 2.05) is 36.0 Å². The molecule has 18 heavy (non-hydrogen) atoms. The SMILES string of the molecule is CSCC(C)N(C)CCOc1ccccc1CN. The summed E-state index contributed by atoms with van der Waals surface area (Å²) in [7, 11) is 2.14. The molecule has 1 aromatic rings. The first-order valence-electron chi connectivity index (χ1n) is 6.29. The van der Waals surface area contributed by atoms with Gasteiger partial charge in [0.05, 0.1) is 0 Å². The molecule has 2 N–H and O–H groups in total. The zero-order valence-corrected chi connectivity index (χ0v) is 12.4. The highest BCUT2D eigenvalue weighted by atomic mass is 32.2. The monoisotopic (exact) mass is 268 g/mol. The van der Waals surface area contributed by atoms with Crippen LogP contribution in [0.5, 0.6) is 5.75 Å². The molecule has 0 spiro atoms. The Morgan fingerprint density at radius 2 is 2.11 bits per heavy atom. The van der Waals surface area contributed by atoms with Crippen LogP contribution in [0.4, 0.5) is 0 Å². The maximum absolute atomic E-state index is 5.80. The van der Waals surface area contributed by atoms with Crippen molar-refractivity contribution in [3.05, 3.63) is 29.8 Å². The van der Waals surface area contributed by atoms with Crippen molar-refractivity contribution in [1.82, 2.24) is 4.90 Å². The van der Waals surface area contributed by atoms with Gasteiger partial charge in [0.1, 0.15) is 12.4 Å². The summed E-state index contributed by atoms with van der Waals surface area (Å²) in [6, 6.07) is 8.53. The first-order valence-corrected chi connectivity index (χ1v) is 7.68. The van der Waals surface area contributed by atoms with Crippen LogP contribution in [0.3, 0.4) is 0 Å². The molecule has 0 aliphatic carbocycles. The summed E-state index contributed by atoms with van der Waals surface area (Å²) in [4.78, 5) is 2.32. The molecule has 1 atom stereocenters. The number of rotatable bonds is 8. The van der Waals surface area contributed by atoms with Crippen molar-refractivity contribution in [3.8, 4) is 5.75 Å². The quantitative estimate of drug-likeness (QED) is 0.784. The number of hydrogen-bond donors (Lipinski definition) is 1. The topological polar surface area (TPSA) is 38.5 Å². The molecule has 0 fully saturated rings. The lowest BCUT2D eigenvalue weighted by Gasteiger charge is -2.24. The fourth-order valence-corrected chi connectivity index (χ4v) is 2.44. The number of ether oxygens (including phenoxy) is 1. The van der Waals surface area contributed by atoms with Gasteiger partial charge in [-0.3, -0.25) is 4.90 Å². The minimum Gasteiger partial charge on any atom is -0.492 e. The van der Waals surface area contributed by atoms with Crippen molar-refractivity contribution in [2.24, 2.45) is 5.73 Å². The number of para-hydroxylation sites is 1. The van der Waals surface area contributed by atoms with E-state index in [4.69, 9.17) is 10.5 Å². The largest absolute Gasteiger partial charge is 0.492 e. The van der Waals surface area contributed by atoms with E-state index < -0.39 is 0 Å². The summed E-state index contributed by atoms with van der Waals surface area (Å²) in [5, 5.41) is 0. The van der Waals surface area contributed by atoms with Gasteiger partial charge in [0.2, 0.25) is 0 Å². The normalized spacial score (nSPS) is 12.7. The molecule has 0 aliphatic heterocycles. The van der Waals surface area contributed by atoms with Crippen LogP contribution in [0.15, 0.2) is 24.3 Å². The number of nitrogens with two attached hydrogens (primary N) is 1. The molecule has 0 aliphatic rings. The third kappa shape index (κ3) is 4.88. The van der Waals surface area contributed by atoms with Crippen molar-refractivity contribution in [2.45, 2.75) is 19.5 Å². The van der Waals surface area contributed by atoms with Gasteiger partial charge in [0.15, 0.2) is 0 Å². The van der Waals surface area contributed by atoms with Crippen LogP contribution in [0, 0.1) is 0 Å². The summed E-state index contributed by atoms with van der Waals surface area (Å²) < 4.78 is 5.80. The van der Waals surface area contributed by atoms with Gasteiger partial charge >= 0.3 is 0 Å². The van der Waals surface area contributed by atoms with Crippen molar-refractivity contribution in [3.63, 3.8) is 0 Å². The van der Waals surface area contributed by atoms with Crippen LogP contribution in [-0.2, 0) is 6.54 Å². The Morgan fingerprint density at radius 3 is 2.78 bits per heavy atom. The van der Waals surface area contributed by atoms with Gasteiger partial charge in [-0.15, -0.1) is 0 Å². The Balaban J connectivity index is 2.37. The van der Waals surface area contributed by atoms with E-state index >= 15 is 0 Å². The highest BCUT2D eigenvalue weighted by Gasteiger charge is 2.08. The fourth-order valence-electron chi connectivity index (χ4n) is 1.70. The Bertz CT molecular complexity index is 346. The third-order valence-electron chi connectivity index (χ3n) is 3.05. The summed E-state index contributed by atoms with van der Waals surface area (Å²) in [6.45, 7) is 4.39. The molecule has 0 bridgehead atoms. The number of benzene rings is 1. The fraction of sp³-hybridized carbons (Fsp3) is 0.571. The molecule has 0 saturated carbocycles. The van der Waals surface area contributed by atoms with Gasteiger partial charge in [-0.05, 0) is 26.3 Å². The second-order valence-corrected chi connectivity index (χ2v) is 5.36. The smallest absolute Gasteiger partial charge is 0.123 e. The molecule has 102 valence electrons. The summed E-state index contributed by atoms with van der Waals surface area (Å²) in [5.74, 6) is 2.06. The second-order valence-electron chi connectivity index (χ2n) is 4.45. The van der Waals surface area contributed by atoms with Gasteiger partial charge in [0, 0.05) is 30.4 Å². The number of thioether (sulfide) groups is 1. The van der Waals surface area contributed by atoms with Crippen LogP contribution in [-0.4, -0.2) is 43.1 Å². The summed E-state index contributed by atoms with van der Waals surface area (Å²) in [5.41, 5.74) is 6.74. The van der Waals surface area contributed by atoms with E-state index in [0.717, 1.165) is 23.6 Å². The number of likely N-dealkylation sites (N-methyl/N-ethyl adjacent to an activating group) is 1. The van der Waals surface area contributed by atoms with E-state index in [2.05, 4.69) is 25.1 Å². The van der Waals surface area contributed by atoms with Crippen molar-refractivity contribution < 1.29 is 4.74 Å². The van der Waals surface area contributed by atoms with Crippen LogP contribution < -0.4 is 10.5 Å². The predicted octanol–water partition coefficient (Wildman–Crippen LogP) is 2.21. The summed E-state index contributed by atoms with van der Waals surface area (Å²) >= 11 is 1.87. The van der Waals surface area contributed by atoms with E-state index in [1.165, 1.54) is 0 Å². The number of hydrogen-bond acceptors (Lipinski definition) is 4. The van der Waals surface area contributed by atoms with Crippen LogP contribution >= 0.6 is 11.8 Å². The molecule has 4 heteroatoms. The Hall–Kier alpha value is -0.710. The van der Waals surface area contributed by atoms with Gasteiger partial charge in [-0.2, -0.15) is 11.8 Å². The van der Waals surface area contributed by atoms with Crippen molar-refractivity contribution in [1.29, 1.82) is 0 Å². The highest BCUT2D eigenvalue weighted by Crippen LogP contribution is 2.16. The zero-order chi connectivity index (χ0) is 13.4. The lowest BCUT2D eigenvalue weighted by Crippen LogP contribution is -2.34. The average molecular weight is 268 g/mol. The maximum atomic E-state index is 5.80. The molecule has 0 aromatic heterocycles.